The number of halogens is 1. The SMILES string of the molecule is Cc1c(F)cccc1COc1ccc2c(c1)OCC(N1CC(C(=O)O)C1)C2. The first kappa shape index (κ1) is 17.8. The van der Waals surface area contributed by atoms with Crippen LogP contribution in [0.25, 0.3) is 0 Å². The van der Waals surface area contributed by atoms with E-state index in [4.69, 9.17) is 14.6 Å². The van der Waals surface area contributed by atoms with Crippen LogP contribution >= 0.6 is 0 Å². The number of ether oxygens (including phenoxy) is 2. The van der Waals surface area contributed by atoms with Crippen molar-refractivity contribution in [1.82, 2.24) is 4.90 Å². The Morgan fingerprint density at radius 2 is 2.15 bits per heavy atom. The molecule has 0 radical (unpaired) electrons. The summed E-state index contributed by atoms with van der Waals surface area (Å²) in [5, 5.41) is 9.01. The Bertz CT molecular complexity index is 863. The van der Waals surface area contributed by atoms with E-state index in [1.165, 1.54) is 6.07 Å². The van der Waals surface area contributed by atoms with Crippen molar-refractivity contribution in [3.8, 4) is 11.5 Å². The average molecular weight is 371 g/mol. The third kappa shape index (κ3) is 3.62. The van der Waals surface area contributed by atoms with Crippen molar-refractivity contribution in [2.24, 2.45) is 5.92 Å². The zero-order valence-electron chi connectivity index (χ0n) is 15.2. The number of carboxylic acid groups (broad SMARTS) is 1. The highest BCUT2D eigenvalue weighted by molar-refractivity contribution is 5.71. The number of carboxylic acids is 1. The number of benzene rings is 2. The molecule has 0 aliphatic carbocycles. The first-order valence-corrected chi connectivity index (χ1v) is 9.10. The van der Waals surface area contributed by atoms with Crippen LogP contribution in [0.4, 0.5) is 4.39 Å². The summed E-state index contributed by atoms with van der Waals surface area (Å²) in [6.07, 6.45) is 0.838. The second kappa shape index (κ2) is 7.19. The van der Waals surface area contributed by atoms with E-state index >= 15 is 0 Å². The van der Waals surface area contributed by atoms with Crippen LogP contribution in [-0.2, 0) is 17.8 Å². The van der Waals surface area contributed by atoms with Gasteiger partial charge in [0.05, 0.1) is 5.92 Å². The standard InChI is InChI=1S/C21H22FNO4/c1-13-15(3-2-4-19(13)22)11-26-18-6-5-14-7-17(12-27-20(14)8-18)23-9-16(10-23)21(24)25/h2-6,8,16-17H,7,9-12H2,1H3,(H,24,25). The van der Waals surface area contributed by atoms with Crippen LogP contribution in [0.5, 0.6) is 11.5 Å². The quantitative estimate of drug-likeness (QED) is 0.876. The first-order chi connectivity index (χ1) is 13.0. The number of carbonyl (C=O) groups is 1. The minimum Gasteiger partial charge on any atom is -0.492 e. The molecule has 0 spiro atoms. The van der Waals surface area contributed by atoms with Gasteiger partial charge in [-0.25, -0.2) is 4.39 Å². The second-order valence-electron chi connectivity index (χ2n) is 7.24. The van der Waals surface area contributed by atoms with E-state index < -0.39 is 5.97 Å². The van der Waals surface area contributed by atoms with Crippen LogP contribution < -0.4 is 9.47 Å². The maximum absolute atomic E-state index is 13.6. The van der Waals surface area contributed by atoms with Crippen molar-refractivity contribution in [1.29, 1.82) is 0 Å². The molecule has 142 valence electrons. The Morgan fingerprint density at radius 3 is 2.93 bits per heavy atom. The Kier molecular flexibility index (Phi) is 4.74. The fraction of sp³-hybridized carbons (Fsp3) is 0.381. The molecule has 5 nitrogen and oxygen atoms in total. The Balaban J connectivity index is 1.37. The van der Waals surface area contributed by atoms with Gasteiger partial charge in [0.15, 0.2) is 0 Å². The summed E-state index contributed by atoms with van der Waals surface area (Å²) < 4.78 is 25.3. The van der Waals surface area contributed by atoms with E-state index in [0.717, 1.165) is 23.3 Å². The van der Waals surface area contributed by atoms with Gasteiger partial charge in [0.2, 0.25) is 0 Å². The Morgan fingerprint density at radius 1 is 1.33 bits per heavy atom. The minimum atomic E-state index is -0.723. The molecule has 2 aliphatic heterocycles. The predicted octanol–water partition coefficient (Wildman–Crippen LogP) is 3.03. The fourth-order valence-electron chi connectivity index (χ4n) is 3.60. The summed E-state index contributed by atoms with van der Waals surface area (Å²) in [5.41, 5.74) is 2.52. The van der Waals surface area contributed by atoms with Crippen molar-refractivity contribution in [3.63, 3.8) is 0 Å². The molecule has 1 atom stereocenters. The van der Waals surface area contributed by atoms with Gasteiger partial charge in [0, 0.05) is 25.2 Å². The number of fused-ring (bicyclic) bond motifs is 1. The largest absolute Gasteiger partial charge is 0.492 e. The lowest BCUT2D eigenvalue weighted by Gasteiger charge is -2.43. The molecule has 27 heavy (non-hydrogen) atoms. The first-order valence-electron chi connectivity index (χ1n) is 9.10. The molecule has 2 aromatic rings. The van der Waals surface area contributed by atoms with Crippen molar-refractivity contribution >= 4 is 5.97 Å². The second-order valence-corrected chi connectivity index (χ2v) is 7.24. The van der Waals surface area contributed by atoms with Crippen molar-refractivity contribution in [2.45, 2.75) is 26.0 Å². The highest BCUT2D eigenvalue weighted by Crippen LogP contribution is 2.33. The molecule has 6 heteroatoms. The molecular formula is C21H22FNO4. The number of nitrogens with zero attached hydrogens (tertiary/aromatic N) is 1. The van der Waals surface area contributed by atoms with E-state index in [0.29, 0.717) is 37.6 Å². The monoisotopic (exact) mass is 371 g/mol. The number of rotatable bonds is 5. The molecule has 1 unspecified atom stereocenters. The van der Waals surface area contributed by atoms with Gasteiger partial charge in [-0.05, 0) is 42.2 Å². The van der Waals surface area contributed by atoms with Crippen LogP contribution in [0, 0.1) is 18.7 Å². The molecular weight excluding hydrogens is 349 g/mol. The molecule has 1 fully saturated rings. The Hall–Kier alpha value is -2.60. The van der Waals surface area contributed by atoms with Gasteiger partial charge in [-0.3, -0.25) is 9.69 Å². The fourth-order valence-corrected chi connectivity index (χ4v) is 3.60. The summed E-state index contributed by atoms with van der Waals surface area (Å²) in [5.74, 6) is 0.278. The van der Waals surface area contributed by atoms with E-state index in [-0.39, 0.29) is 17.8 Å². The zero-order valence-corrected chi connectivity index (χ0v) is 15.2. The Labute approximate surface area is 157 Å². The van der Waals surface area contributed by atoms with Crippen molar-refractivity contribution in [2.75, 3.05) is 19.7 Å². The van der Waals surface area contributed by atoms with E-state index in [1.807, 2.05) is 24.3 Å². The van der Waals surface area contributed by atoms with Gasteiger partial charge in [-0.15, -0.1) is 0 Å². The molecule has 0 amide bonds. The van der Waals surface area contributed by atoms with Gasteiger partial charge in [0.25, 0.3) is 0 Å². The maximum atomic E-state index is 13.6. The van der Waals surface area contributed by atoms with Crippen LogP contribution in [0.15, 0.2) is 36.4 Å². The molecule has 0 aromatic heterocycles. The summed E-state index contributed by atoms with van der Waals surface area (Å²) in [6.45, 7) is 3.77. The zero-order chi connectivity index (χ0) is 19.0. The van der Waals surface area contributed by atoms with Crippen LogP contribution in [0.3, 0.4) is 0 Å². The number of aliphatic carboxylic acids is 1. The lowest BCUT2D eigenvalue weighted by molar-refractivity contribution is -0.149. The lowest BCUT2D eigenvalue weighted by atomic mass is 9.93. The van der Waals surface area contributed by atoms with Crippen molar-refractivity contribution in [3.05, 3.63) is 58.9 Å². The molecule has 1 N–H and O–H groups in total. The highest BCUT2D eigenvalue weighted by atomic mass is 19.1. The van der Waals surface area contributed by atoms with Crippen LogP contribution in [0.2, 0.25) is 0 Å². The van der Waals surface area contributed by atoms with Gasteiger partial charge in [-0.1, -0.05) is 18.2 Å². The maximum Gasteiger partial charge on any atom is 0.309 e. The summed E-state index contributed by atoms with van der Waals surface area (Å²) in [4.78, 5) is 13.1. The third-order valence-electron chi connectivity index (χ3n) is 5.48. The number of hydrogen-bond donors (Lipinski definition) is 1. The van der Waals surface area contributed by atoms with Gasteiger partial charge < -0.3 is 14.6 Å². The molecule has 4 rings (SSSR count). The molecule has 0 saturated carbocycles. The van der Waals surface area contributed by atoms with E-state index in [9.17, 15) is 9.18 Å². The van der Waals surface area contributed by atoms with Gasteiger partial charge in [-0.2, -0.15) is 0 Å². The minimum absolute atomic E-state index is 0.217. The van der Waals surface area contributed by atoms with Crippen molar-refractivity contribution < 1.29 is 23.8 Å². The van der Waals surface area contributed by atoms with Gasteiger partial charge >= 0.3 is 5.97 Å². The topological polar surface area (TPSA) is 59.0 Å². The van der Waals surface area contributed by atoms with E-state index in [2.05, 4.69) is 4.90 Å². The normalized spacial score (nSPS) is 19.7. The van der Waals surface area contributed by atoms with Crippen LogP contribution in [-0.4, -0.2) is 41.7 Å². The molecule has 2 aliphatic rings. The third-order valence-corrected chi connectivity index (χ3v) is 5.48. The predicted molar refractivity (Wildman–Crippen MR) is 97.6 cm³/mol. The number of likely N-dealkylation sites (tertiary alicyclic amines) is 1. The summed E-state index contributed by atoms with van der Waals surface area (Å²) >= 11 is 0. The summed E-state index contributed by atoms with van der Waals surface area (Å²) in [7, 11) is 0. The highest BCUT2D eigenvalue weighted by Gasteiger charge is 2.38. The smallest absolute Gasteiger partial charge is 0.309 e. The summed E-state index contributed by atoms with van der Waals surface area (Å²) in [6, 6.07) is 11.0. The number of hydrogen-bond acceptors (Lipinski definition) is 4. The lowest BCUT2D eigenvalue weighted by Crippen LogP contribution is -2.57. The van der Waals surface area contributed by atoms with Gasteiger partial charge in [0.1, 0.15) is 30.5 Å². The average Bonchev–Trinajstić information content (AvgIpc) is 2.61. The molecule has 0 bridgehead atoms. The molecule has 2 heterocycles. The molecule has 2 aromatic carbocycles. The van der Waals surface area contributed by atoms with Crippen LogP contribution in [0.1, 0.15) is 16.7 Å². The molecule has 1 saturated heterocycles. The van der Waals surface area contributed by atoms with E-state index in [1.54, 1.807) is 13.0 Å².